The van der Waals surface area contributed by atoms with Crippen LogP contribution in [0.2, 0.25) is 5.02 Å². The normalized spacial score (nSPS) is 17.6. The lowest BCUT2D eigenvalue weighted by Gasteiger charge is -2.20. The Kier molecular flexibility index (Phi) is 3.38. The molecule has 2 heterocycles. The van der Waals surface area contributed by atoms with Gasteiger partial charge in [0, 0.05) is 25.9 Å². The molecule has 1 aliphatic rings. The second-order valence-electron chi connectivity index (χ2n) is 3.41. The Bertz CT molecular complexity index is 340. The molecule has 5 heteroatoms. The third-order valence-corrected chi connectivity index (χ3v) is 2.52. The third-order valence-electron chi connectivity index (χ3n) is 2.31. The van der Waals surface area contributed by atoms with E-state index in [0.717, 1.165) is 19.6 Å². The SMILES string of the molecule is Fc1cc(Cl)cnc1N1CCCOCC1. The van der Waals surface area contributed by atoms with Gasteiger partial charge in [0.05, 0.1) is 11.6 Å². The van der Waals surface area contributed by atoms with Crippen molar-refractivity contribution in [3.05, 3.63) is 23.1 Å². The smallest absolute Gasteiger partial charge is 0.167 e. The monoisotopic (exact) mass is 230 g/mol. The molecule has 0 bridgehead atoms. The first-order valence-electron chi connectivity index (χ1n) is 4.91. The molecule has 15 heavy (non-hydrogen) atoms. The molecule has 0 N–H and O–H groups in total. The Labute approximate surface area is 92.8 Å². The second-order valence-corrected chi connectivity index (χ2v) is 3.85. The molecule has 0 amide bonds. The molecule has 1 aliphatic heterocycles. The Balaban J connectivity index is 2.19. The van der Waals surface area contributed by atoms with Crippen molar-refractivity contribution in [1.29, 1.82) is 0 Å². The zero-order valence-corrected chi connectivity index (χ0v) is 9.00. The molecule has 3 nitrogen and oxygen atoms in total. The number of hydrogen-bond acceptors (Lipinski definition) is 3. The Morgan fingerprint density at radius 3 is 3.07 bits per heavy atom. The zero-order valence-electron chi connectivity index (χ0n) is 8.25. The molecule has 82 valence electrons. The van der Waals surface area contributed by atoms with Crippen LogP contribution in [0.5, 0.6) is 0 Å². The van der Waals surface area contributed by atoms with E-state index in [2.05, 4.69) is 4.98 Å². The third kappa shape index (κ3) is 2.58. The van der Waals surface area contributed by atoms with Crippen LogP contribution in [0.25, 0.3) is 0 Å². The van der Waals surface area contributed by atoms with Crippen LogP contribution in [0, 0.1) is 5.82 Å². The van der Waals surface area contributed by atoms with Crippen LogP contribution >= 0.6 is 11.6 Å². The lowest BCUT2D eigenvalue weighted by Crippen LogP contribution is -2.27. The minimum atomic E-state index is -0.371. The van der Waals surface area contributed by atoms with Gasteiger partial charge < -0.3 is 9.64 Å². The van der Waals surface area contributed by atoms with Crippen molar-refractivity contribution >= 4 is 17.4 Å². The topological polar surface area (TPSA) is 25.4 Å². The first kappa shape index (κ1) is 10.6. The standard InChI is InChI=1S/C10H12ClFN2O/c11-8-6-9(12)10(13-7-8)14-2-1-4-15-5-3-14/h6-7H,1-5H2. The van der Waals surface area contributed by atoms with Gasteiger partial charge >= 0.3 is 0 Å². The number of ether oxygens (including phenoxy) is 1. The van der Waals surface area contributed by atoms with Crippen LogP contribution in [-0.2, 0) is 4.74 Å². The summed E-state index contributed by atoms with van der Waals surface area (Å²) in [5, 5.41) is 0.322. The fourth-order valence-corrected chi connectivity index (χ4v) is 1.74. The highest BCUT2D eigenvalue weighted by Gasteiger charge is 2.15. The average molecular weight is 231 g/mol. The predicted octanol–water partition coefficient (Wildman–Crippen LogP) is 2.10. The summed E-state index contributed by atoms with van der Waals surface area (Å²) in [7, 11) is 0. The maximum atomic E-state index is 13.5. The first-order valence-corrected chi connectivity index (χ1v) is 5.29. The van der Waals surface area contributed by atoms with Crippen LogP contribution in [0.3, 0.4) is 0 Å². The number of pyridine rings is 1. The molecular formula is C10H12ClFN2O. The number of hydrogen-bond donors (Lipinski definition) is 0. The molecule has 2 rings (SSSR count). The van der Waals surface area contributed by atoms with Gasteiger partial charge in [0.2, 0.25) is 0 Å². The minimum Gasteiger partial charge on any atom is -0.380 e. The summed E-state index contributed by atoms with van der Waals surface area (Å²) in [4.78, 5) is 5.89. The Morgan fingerprint density at radius 1 is 1.40 bits per heavy atom. The molecule has 0 saturated carbocycles. The van der Waals surface area contributed by atoms with E-state index >= 15 is 0 Å². The van der Waals surface area contributed by atoms with E-state index in [-0.39, 0.29) is 5.82 Å². The van der Waals surface area contributed by atoms with Crippen molar-refractivity contribution < 1.29 is 9.13 Å². The summed E-state index contributed by atoms with van der Waals surface area (Å²) >= 11 is 5.64. The molecular weight excluding hydrogens is 219 g/mol. The van der Waals surface area contributed by atoms with Crippen LogP contribution in [0.15, 0.2) is 12.3 Å². The van der Waals surface area contributed by atoms with Crippen molar-refractivity contribution in [3.63, 3.8) is 0 Å². The summed E-state index contributed by atoms with van der Waals surface area (Å²) in [5.41, 5.74) is 0. The van der Waals surface area contributed by atoms with Gasteiger partial charge in [0.15, 0.2) is 11.6 Å². The molecule has 0 unspecified atom stereocenters. The van der Waals surface area contributed by atoms with E-state index in [1.54, 1.807) is 0 Å². The molecule has 0 radical (unpaired) electrons. The summed E-state index contributed by atoms with van der Waals surface area (Å²) in [6.45, 7) is 2.78. The Hall–Kier alpha value is -0.870. The summed E-state index contributed by atoms with van der Waals surface area (Å²) in [6, 6.07) is 1.29. The predicted molar refractivity (Wildman–Crippen MR) is 56.9 cm³/mol. The van der Waals surface area contributed by atoms with Gasteiger partial charge in [0.25, 0.3) is 0 Å². The highest BCUT2D eigenvalue weighted by molar-refractivity contribution is 6.30. The number of anilines is 1. The molecule has 1 aromatic heterocycles. The fraction of sp³-hybridized carbons (Fsp3) is 0.500. The van der Waals surface area contributed by atoms with E-state index in [9.17, 15) is 4.39 Å². The highest BCUT2D eigenvalue weighted by Crippen LogP contribution is 2.20. The molecule has 1 saturated heterocycles. The van der Waals surface area contributed by atoms with Crippen molar-refractivity contribution in [2.45, 2.75) is 6.42 Å². The van der Waals surface area contributed by atoms with Gasteiger partial charge in [0.1, 0.15) is 0 Å². The van der Waals surface area contributed by atoms with Crippen molar-refractivity contribution in [2.75, 3.05) is 31.2 Å². The van der Waals surface area contributed by atoms with Gasteiger partial charge in [-0.2, -0.15) is 0 Å². The van der Waals surface area contributed by atoms with Crippen molar-refractivity contribution in [3.8, 4) is 0 Å². The molecule has 1 fully saturated rings. The van der Waals surface area contributed by atoms with Gasteiger partial charge in [-0.1, -0.05) is 11.6 Å². The number of rotatable bonds is 1. The van der Waals surface area contributed by atoms with Gasteiger partial charge in [-0.3, -0.25) is 0 Å². The van der Waals surface area contributed by atoms with E-state index in [4.69, 9.17) is 16.3 Å². The van der Waals surface area contributed by atoms with Crippen LogP contribution < -0.4 is 4.90 Å². The van der Waals surface area contributed by atoms with Crippen LogP contribution in [0.1, 0.15) is 6.42 Å². The quantitative estimate of drug-likeness (QED) is 0.739. The molecule has 0 atom stereocenters. The average Bonchev–Trinajstić information content (AvgIpc) is 2.46. The van der Waals surface area contributed by atoms with E-state index in [0.29, 0.717) is 24.0 Å². The van der Waals surface area contributed by atoms with Crippen molar-refractivity contribution in [2.24, 2.45) is 0 Å². The highest BCUT2D eigenvalue weighted by atomic mass is 35.5. The summed E-state index contributed by atoms with van der Waals surface area (Å²) < 4.78 is 18.8. The molecule has 0 aliphatic carbocycles. The van der Waals surface area contributed by atoms with Gasteiger partial charge in [-0.05, 0) is 12.5 Å². The van der Waals surface area contributed by atoms with Crippen LogP contribution in [0.4, 0.5) is 10.2 Å². The number of aromatic nitrogens is 1. The van der Waals surface area contributed by atoms with Crippen molar-refractivity contribution in [1.82, 2.24) is 4.98 Å². The maximum absolute atomic E-state index is 13.5. The Morgan fingerprint density at radius 2 is 2.27 bits per heavy atom. The van der Waals surface area contributed by atoms with Gasteiger partial charge in [-0.25, -0.2) is 9.37 Å². The van der Waals surface area contributed by atoms with E-state index in [1.165, 1.54) is 12.3 Å². The largest absolute Gasteiger partial charge is 0.380 e. The zero-order chi connectivity index (χ0) is 10.7. The molecule has 0 aromatic carbocycles. The van der Waals surface area contributed by atoms with E-state index < -0.39 is 0 Å². The second kappa shape index (κ2) is 4.77. The number of halogens is 2. The van der Waals surface area contributed by atoms with E-state index in [1.807, 2.05) is 4.90 Å². The first-order chi connectivity index (χ1) is 7.27. The lowest BCUT2D eigenvalue weighted by molar-refractivity contribution is 0.152. The summed E-state index contributed by atoms with van der Waals surface area (Å²) in [6.07, 6.45) is 2.36. The minimum absolute atomic E-state index is 0.322. The fourth-order valence-electron chi connectivity index (χ4n) is 1.60. The molecule has 1 aromatic rings. The number of nitrogens with zero attached hydrogens (tertiary/aromatic N) is 2. The maximum Gasteiger partial charge on any atom is 0.167 e. The lowest BCUT2D eigenvalue weighted by atomic mass is 10.3. The van der Waals surface area contributed by atoms with Crippen LogP contribution in [-0.4, -0.2) is 31.3 Å². The molecule has 0 spiro atoms. The van der Waals surface area contributed by atoms with Gasteiger partial charge in [-0.15, -0.1) is 0 Å². The summed E-state index contributed by atoms with van der Waals surface area (Å²) in [5.74, 6) is -0.00528.